The lowest BCUT2D eigenvalue weighted by Crippen LogP contribution is -2.13. The molecule has 2 rings (SSSR count). The molecule has 1 aromatic rings. The van der Waals surface area contributed by atoms with Crippen molar-refractivity contribution >= 4 is 0 Å². The highest BCUT2D eigenvalue weighted by atomic mass is 19.1. The molecule has 0 bridgehead atoms. The number of aromatic hydroxyl groups is 1. The second-order valence-corrected chi connectivity index (χ2v) is 3.35. The SMILES string of the molecule is C[C@H]1CCOc2ccc(O)c(F)c21. The summed E-state index contributed by atoms with van der Waals surface area (Å²) in [4.78, 5) is 0. The van der Waals surface area contributed by atoms with Gasteiger partial charge in [-0.1, -0.05) is 6.92 Å². The molecule has 0 aromatic heterocycles. The highest BCUT2D eigenvalue weighted by Crippen LogP contribution is 2.38. The Morgan fingerprint density at radius 2 is 2.31 bits per heavy atom. The number of phenolic OH excluding ortho intramolecular Hbond substituents is 1. The lowest BCUT2D eigenvalue weighted by Gasteiger charge is -2.23. The topological polar surface area (TPSA) is 29.5 Å². The molecular weight excluding hydrogens is 171 g/mol. The molecule has 1 atom stereocenters. The summed E-state index contributed by atoms with van der Waals surface area (Å²) in [5, 5.41) is 9.16. The molecule has 1 aromatic carbocycles. The zero-order chi connectivity index (χ0) is 9.42. The number of hydrogen-bond acceptors (Lipinski definition) is 2. The van der Waals surface area contributed by atoms with Gasteiger partial charge in [-0.05, 0) is 24.5 Å². The van der Waals surface area contributed by atoms with Gasteiger partial charge in [-0.15, -0.1) is 0 Å². The van der Waals surface area contributed by atoms with E-state index in [-0.39, 0.29) is 11.7 Å². The molecule has 1 aliphatic heterocycles. The van der Waals surface area contributed by atoms with Crippen LogP contribution in [0.15, 0.2) is 12.1 Å². The van der Waals surface area contributed by atoms with Gasteiger partial charge in [0.2, 0.25) is 0 Å². The Hall–Kier alpha value is -1.25. The van der Waals surface area contributed by atoms with E-state index in [1.807, 2.05) is 6.92 Å². The van der Waals surface area contributed by atoms with Gasteiger partial charge in [0.15, 0.2) is 11.6 Å². The number of rotatable bonds is 0. The number of benzene rings is 1. The first-order chi connectivity index (χ1) is 6.20. The van der Waals surface area contributed by atoms with Crippen molar-refractivity contribution in [1.82, 2.24) is 0 Å². The van der Waals surface area contributed by atoms with Gasteiger partial charge in [-0.25, -0.2) is 4.39 Å². The van der Waals surface area contributed by atoms with Gasteiger partial charge in [0, 0.05) is 5.56 Å². The van der Waals surface area contributed by atoms with Gasteiger partial charge in [0.05, 0.1) is 6.61 Å². The standard InChI is InChI=1S/C10H11FO2/c1-6-4-5-13-8-3-2-7(12)10(11)9(6)8/h2-3,6,12H,4-5H2,1H3/t6-/m0/s1. The minimum Gasteiger partial charge on any atom is -0.505 e. The van der Waals surface area contributed by atoms with Crippen LogP contribution in [0, 0.1) is 5.82 Å². The molecule has 3 heteroatoms. The van der Waals surface area contributed by atoms with Crippen LogP contribution in [0.3, 0.4) is 0 Å². The summed E-state index contributed by atoms with van der Waals surface area (Å²) in [6, 6.07) is 2.94. The number of fused-ring (bicyclic) bond motifs is 1. The monoisotopic (exact) mass is 182 g/mol. The van der Waals surface area contributed by atoms with Gasteiger partial charge in [-0.3, -0.25) is 0 Å². The van der Waals surface area contributed by atoms with Crippen LogP contribution < -0.4 is 4.74 Å². The van der Waals surface area contributed by atoms with Crippen LogP contribution in [0.25, 0.3) is 0 Å². The van der Waals surface area contributed by atoms with Gasteiger partial charge < -0.3 is 9.84 Å². The smallest absolute Gasteiger partial charge is 0.171 e. The lowest BCUT2D eigenvalue weighted by molar-refractivity contribution is 0.264. The second kappa shape index (κ2) is 2.91. The van der Waals surface area contributed by atoms with Crippen molar-refractivity contribution in [2.75, 3.05) is 6.61 Å². The Kier molecular flexibility index (Phi) is 1.87. The molecular formula is C10H11FO2. The zero-order valence-electron chi connectivity index (χ0n) is 7.38. The molecule has 1 aliphatic rings. The molecule has 0 saturated carbocycles. The maximum absolute atomic E-state index is 13.4. The van der Waals surface area contributed by atoms with Gasteiger partial charge in [0.25, 0.3) is 0 Å². The summed E-state index contributed by atoms with van der Waals surface area (Å²) in [5.41, 5.74) is 0.506. The van der Waals surface area contributed by atoms with E-state index in [1.54, 1.807) is 6.07 Å². The first-order valence-corrected chi connectivity index (χ1v) is 4.34. The number of hydrogen-bond donors (Lipinski definition) is 1. The Labute approximate surface area is 76.0 Å². The third-order valence-corrected chi connectivity index (χ3v) is 2.42. The predicted octanol–water partition coefficient (Wildman–Crippen LogP) is 2.42. The minimum atomic E-state index is -0.537. The van der Waals surface area contributed by atoms with Crippen molar-refractivity contribution in [3.8, 4) is 11.5 Å². The van der Waals surface area contributed by atoms with E-state index in [4.69, 9.17) is 9.84 Å². The molecule has 0 aliphatic carbocycles. The van der Waals surface area contributed by atoms with Gasteiger partial charge in [-0.2, -0.15) is 0 Å². The van der Waals surface area contributed by atoms with Gasteiger partial charge in [0.1, 0.15) is 5.75 Å². The average Bonchev–Trinajstić information content (AvgIpc) is 2.12. The summed E-state index contributed by atoms with van der Waals surface area (Å²) >= 11 is 0. The molecule has 70 valence electrons. The maximum atomic E-state index is 13.4. The van der Waals surface area contributed by atoms with E-state index in [0.717, 1.165) is 6.42 Å². The normalized spacial score (nSPS) is 20.6. The summed E-state index contributed by atoms with van der Waals surface area (Å²) < 4.78 is 18.7. The van der Waals surface area contributed by atoms with Crippen LogP contribution in [-0.4, -0.2) is 11.7 Å². The molecule has 0 amide bonds. The highest BCUT2D eigenvalue weighted by molar-refractivity contribution is 5.44. The van der Waals surface area contributed by atoms with Crippen molar-refractivity contribution < 1.29 is 14.2 Å². The fourth-order valence-corrected chi connectivity index (χ4v) is 1.64. The molecule has 13 heavy (non-hydrogen) atoms. The van der Waals surface area contributed by atoms with E-state index >= 15 is 0 Å². The third-order valence-electron chi connectivity index (χ3n) is 2.42. The zero-order valence-corrected chi connectivity index (χ0v) is 7.38. The molecule has 1 N–H and O–H groups in total. The van der Waals surface area contributed by atoms with E-state index in [0.29, 0.717) is 17.9 Å². The maximum Gasteiger partial charge on any atom is 0.171 e. The van der Waals surface area contributed by atoms with Crippen molar-refractivity contribution in [2.24, 2.45) is 0 Å². The second-order valence-electron chi connectivity index (χ2n) is 3.35. The van der Waals surface area contributed by atoms with E-state index < -0.39 is 5.82 Å². The minimum absolute atomic E-state index is 0.121. The lowest BCUT2D eigenvalue weighted by atomic mass is 9.94. The summed E-state index contributed by atoms with van der Waals surface area (Å²) in [5.74, 6) is -0.147. The van der Waals surface area contributed by atoms with E-state index in [2.05, 4.69) is 0 Å². The fourth-order valence-electron chi connectivity index (χ4n) is 1.64. The molecule has 1 heterocycles. The largest absolute Gasteiger partial charge is 0.505 e. The number of phenols is 1. The summed E-state index contributed by atoms with van der Waals surface area (Å²) in [7, 11) is 0. The Morgan fingerprint density at radius 1 is 1.54 bits per heavy atom. The van der Waals surface area contributed by atoms with Crippen molar-refractivity contribution in [3.63, 3.8) is 0 Å². The van der Waals surface area contributed by atoms with Crippen LogP contribution in [0.4, 0.5) is 4.39 Å². The van der Waals surface area contributed by atoms with Gasteiger partial charge >= 0.3 is 0 Å². The number of ether oxygens (including phenoxy) is 1. The Balaban J connectivity index is 2.58. The first-order valence-electron chi connectivity index (χ1n) is 4.34. The van der Waals surface area contributed by atoms with Crippen LogP contribution in [0.5, 0.6) is 11.5 Å². The fraction of sp³-hybridized carbons (Fsp3) is 0.400. The van der Waals surface area contributed by atoms with Crippen molar-refractivity contribution in [2.45, 2.75) is 19.3 Å². The Bertz CT molecular complexity index is 336. The Morgan fingerprint density at radius 3 is 3.08 bits per heavy atom. The molecule has 0 spiro atoms. The van der Waals surface area contributed by atoms with Crippen molar-refractivity contribution in [1.29, 1.82) is 0 Å². The average molecular weight is 182 g/mol. The van der Waals surface area contributed by atoms with Crippen LogP contribution >= 0.6 is 0 Å². The molecule has 0 fully saturated rings. The third kappa shape index (κ3) is 1.24. The van der Waals surface area contributed by atoms with Crippen LogP contribution in [0.2, 0.25) is 0 Å². The van der Waals surface area contributed by atoms with Crippen LogP contribution in [0.1, 0.15) is 24.8 Å². The predicted molar refractivity (Wildman–Crippen MR) is 46.6 cm³/mol. The quantitative estimate of drug-likeness (QED) is 0.667. The molecule has 0 radical (unpaired) electrons. The van der Waals surface area contributed by atoms with Crippen molar-refractivity contribution in [3.05, 3.63) is 23.5 Å². The molecule has 0 unspecified atom stereocenters. The van der Waals surface area contributed by atoms with Crippen LogP contribution in [-0.2, 0) is 0 Å². The van der Waals surface area contributed by atoms with E-state index in [1.165, 1.54) is 6.07 Å². The molecule has 2 nitrogen and oxygen atoms in total. The van der Waals surface area contributed by atoms with E-state index in [9.17, 15) is 4.39 Å². The molecule has 0 saturated heterocycles. The summed E-state index contributed by atoms with van der Waals surface area (Å²) in [6.45, 7) is 2.56. The summed E-state index contributed by atoms with van der Waals surface area (Å²) in [6.07, 6.45) is 0.799. The highest BCUT2D eigenvalue weighted by Gasteiger charge is 2.23. The first kappa shape index (κ1) is 8.35. The number of halogens is 1.